The number of carbonyl (C=O) groups excluding carboxylic acids is 1. The molecule has 0 aliphatic rings. The van der Waals surface area contributed by atoms with Crippen molar-refractivity contribution in [2.75, 3.05) is 0 Å². The van der Waals surface area contributed by atoms with E-state index in [-0.39, 0.29) is 10.5 Å². The van der Waals surface area contributed by atoms with Crippen molar-refractivity contribution in [1.29, 1.82) is 0 Å². The first-order chi connectivity index (χ1) is 18.2. The summed E-state index contributed by atoms with van der Waals surface area (Å²) in [6.07, 6.45) is 3.15. The molecule has 0 N–H and O–H groups in total. The maximum absolute atomic E-state index is 10.8. The molecule has 3 aromatic carbocycles. The quantitative estimate of drug-likeness (QED) is 0.119. The van der Waals surface area contributed by atoms with Crippen molar-refractivity contribution in [2.45, 2.75) is 53.9 Å². The monoisotopic (exact) mass is 538 g/mol. The largest absolute Gasteiger partial charge is 1.00 e. The molecule has 1 heterocycles. The number of Topliss-reactive ketones (excluding diaryl/α,β-unsaturated/α-hetero) is 1. The molecule has 4 rings (SSSR count). The van der Waals surface area contributed by atoms with Crippen LogP contribution in [0.1, 0.15) is 60.5 Å². The van der Waals surface area contributed by atoms with E-state index in [4.69, 9.17) is 4.42 Å². The first-order valence-electron chi connectivity index (χ1n) is 12.8. The molecule has 0 saturated carbocycles. The average molecular weight is 538 g/mol. The standard InChI is InChI=1S/C22H23O.C10H12O.BF3.FH/c1-4-17-6-10-19(11-7-17)21-14-16(3)23-22(15-21)20-12-8-18(5-2)9-13-20;1-3-9-4-6-10(7-5-9)8(2)11;2-1(3)4;/h6-15H,4-5H2,1-3H3;4-7H,3H2,1-2H3;;1H/q+1;;;/p-1. The third kappa shape index (κ3) is 11.3. The molecule has 7 heteroatoms. The van der Waals surface area contributed by atoms with Gasteiger partial charge in [-0.25, -0.2) is 4.42 Å². The Bertz CT molecular complexity index is 1200. The Kier molecular flexibility index (Phi) is 14.5. The van der Waals surface area contributed by atoms with Crippen molar-refractivity contribution in [3.8, 4) is 22.5 Å². The van der Waals surface area contributed by atoms with Crippen molar-refractivity contribution in [1.82, 2.24) is 0 Å². The Morgan fingerprint density at radius 3 is 1.44 bits per heavy atom. The van der Waals surface area contributed by atoms with E-state index in [2.05, 4.69) is 81.4 Å². The summed E-state index contributed by atoms with van der Waals surface area (Å²) in [5.41, 5.74) is 8.33. The SMILES string of the molecule is CCc1ccc(-c2cc(C)[o+]c(-c3ccc(CC)cc3)c2)cc1.CCc1ccc(C(C)=O)cc1.FB(F)F.[F-]. The van der Waals surface area contributed by atoms with E-state index in [1.54, 1.807) is 6.92 Å². The molecular weight excluding hydrogens is 503 g/mol. The Morgan fingerprint density at radius 1 is 0.667 bits per heavy atom. The highest BCUT2D eigenvalue weighted by atomic mass is 19.4. The van der Waals surface area contributed by atoms with E-state index in [9.17, 15) is 17.7 Å². The number of carbonyl (C=O) groups is 1. The van der Waals surface area contributed by atoms with Crippen LogP contribution in [0.5, 0.6) is 0 Å². The Hall–Kier alpha value is -3.74. The van der Waals surface area contributed by atoms with Gasteiger partial charge in [0, 0.05) is 17.2 Å². The highest BCUT2D eigenvalue weighted by molar-refractivity contribution is 6.33. The highest BCUT2D eigenvalue weighted by Gasteiger charge is 2.16. The van der Waals surface area contributed by atoms with Crippen LogP contribution in [0.15, 0.2) is 89.3 Å². The molecule has 0 atom stereocenters. The van der Waals surface area contributed by atoms with E-state index < -0.39 is 7.54 Å². The Balaban J connectivity index is 0.000000398. The lowest BCUT2D eigenvalue weighted by atomic mass is 10.0. The van der Waals surface area contributed by atoms with E-state index >= 15 is 0 Å². The lowest BCUT2D eigenvalue weighted by molar-refractivity contribution is -0.0000192. The summed E-state index contributed by atoms with van der Waals surface area (Å²) < 4.78 is 34.9. The Morgan fingerprint density at radius 2 is 1.05 bits per heavy atom. The van der Waals surface area contributed by atoms with Gasteiger partial charge in [0.05, 0.1) is 18.6 Å². The second kappa shape index (κ2) is 17.0. The van der Waals surface area contributed by atoms with E-state index in [0.717, 1.165) is 41.9 Å². The molecule has 206 valence electrons. The van der Waals surface area contributed by atoms with Gasteiger partial charge >= 0.3 is 19.1 Å². The summed E-state index contributed by atoms with van der Waals surface area (Å²) in [4.78, 5) is 10.8. The van der Waals surface area contributed by atoms with E-state index in [0.29, 0.717) is 0 Å². The molecule has 0 saturated heterocycles. The first-order valence-corrected chi connectivity index (χ1v) is 12.8. The number of benzene rings is 3. The van der Waals surface area contributed by atoms with Crippen LogP contribution < -0.4 is 4.70 Å². The second-order valence-corrected chi connectivity index (χ2v) is 8.78. The number of hydrogen-bond donors (Lipinski definition) is 0. The molecule has 0 unspecified atom stereocenters. The van der Waals surface area contributed by atoms with Gasteiger partial charge in [-0.2, -0.15) is 0 Å². The van der Waals surface area contributed by atoms with Crippen LogP contribution in [0.3, 0.4) is 0 Å². The molecule has 0 radical (unpaired) electrons. The maximum Gasteiger partial charge on any atom is 0.762 e. The zero-order valence-electron chi connectivity index (χ0n) is 23.1. The van der Waals surface area contributed by atoms with Crippen LogP contribution in [0.4, 0.5) is 12.9 Å². The number of ketones is 1. The molecule has 39 heavy (non-hydrogen) atoms. The van der Waals surface area contributed by atoms with Crippen LogP contribution in [0.2, 0.25) is 0 Å². The van der Waals surface area contributed by atoms with Gasteiger partial charge in [-0.1, -0.05) is 81.4 Å². The minimum Gasteiger partial charge on any atom is -1.00 e. The van der Waals surface area contributed by atoms with Crippen LogP contribution in [-0.4, -0.2) is 13.3 Å². The highest BCUT2D eigenvalue weighted by Crippen LogP contribution is 2.28. The van der Waals surface area contributed by atoms with Gasteiger partial charge in [-0.15, -0.1) is 0 Å². The zero-order chi connectivity index (χ0) is 28.1. The fourth-order valence-electron chi connectivity index (χ4n) is 3.76. The molecule has 0 bridgehead atoms. The van der Waals surface area contributed by atoms with Gasteiger partial charge in [0.15, 0.2) is 5.78 Å². The molecule has 4 aromatic rings. The van der Waals surface area contributed by atoms with Gasteiger partial charge < -0.3 is 4.70 Å². The fourth-order valence-corrected chi connectivity index (χ4v) is 3.76. The molecule has 0 fully saturated rings. The lowest BCUT2D eigenvalue weighted by Gasteiger charge is -2.03. The van der Waals surface area contributed by atoms with Crippen molar-refractivity contribution < 1.29 is 26.9 Å². The summed E-state index contributed by atoms with van der Waals surface area (Å²) in [5, 5.41) is 0. The number of hydrogen-bond acceptors (Lipinski definition) is 1. The molecule has 1 aromatic heterocycles. The third-order valence-corrected chi connectivity index (χ3v) is 6.03. The normalized spacial score (nSPS) is 9.74. The smallest absolute Gasteiger partial charge is 0.762 e. The molecule has 0 aliphatic carbocycles. The molecule has 0 amide bonds. The fraction of sp³-hybridized carbons (Fsp3) is 0.250. The summed E-state index contributed by atoms with van der Waals surface area (Å²) in [6, 6.07) is 29.4. The van der Waals surface area contributed by atoms with Crippen LogP contribution in [-0.2, 0) is 19.3 Å². The van der Waals surface area contributed by atoms with Crippen LogP contribution >= 0.6 is 0 Å². The molecular formula is C32H35BF4O2. The minimum absolute atomic E-state index is 0. The summed E-state index contributed by atoms with van der Waals surface area (Å²) >= 11 is 0. The number of aryl methyl sites for hydroxylation is 4. The second-order valence-electron chi connectivity index (χ2n) is 8.78. The lowest BCUT2D eigenvalue weighted by Crippen LogP contribution is -3.00. The zero-order valence-corrected chi connectivity index (χ0v) is 23.1. The van der Waals surface area contributed by atoms with Crippen LogP contribution in [0.25, 0.3) is 22.5 Å². The van der Waals surface area contributed by atoms with Gasteiger partial charge in [0.2, 0.25) is 0 Å². The third-order valence-electron chi connectivity index (χ3n) is 6.03. The first kappa shape index (κ1) is 33.3. The summed E-state index contributed by atoms with van der Waals surface area (Å²) in [7, 11) is -3.67. The van der Waals surface area contributed by atoms with Gasteiger partial charge in [0.25, 0.3) is 0 Å². The van der Waals surface area contributed by atoms with Crippen molar-refractivity contribution in [2.24, 2.45) is 0 Å². The average Bonchev–Trinajstić information content (AvgIpc) is 2.93. The summed E-state index contributed by atoms with van der Waals surface area (Å²) in [5.74, 6) is 1.98. The number of rotatable bonds is 6. The van der Waals surface area contributed by atoms with Crippen molar-refractivity contribution in [3.05, 3.63) is 113 Å². The van der Waals surface area contributed by atoms with Gasteiger partial charge in [-0.05, 0) is 60.6 Å². The minimum atomic E-state index is -3.67. The predicted octanol–water partition coefficient (Wildman–Crippen LogP) is 6.66. The predicted molar refractivity (Wildman–Crippen MR) is 152 cm³/mol. The van der Waals surface area contributed by atoms with Crippen LogP contribution in [0, 0.1) is 6.92 Å². The molecule has 2 nitrogen and oxygen atoms in total. The molecule has 0 spiro atoms. The van der Waals surface area contributed by atoms with Crippen molar-refractivity contribution >= 4 is 13.3 Å². The maximum atomic E-state index is 10.8. The molecule has 0 aliphatic heterocycles. The topological polar surface area (TPSA) is 28.4 Å². The summed E-state index contributed by atoms with van der Waals surface area (Å²) in [6.45, 7) is 10.0. The van der Waals surface area contributed by atoms with Gasteiger partial charge in [0.1, 0.15) is 0 Å². The van der Waals surface area contributed by atoms with Crippen molar-refractivity contribution in [3.63, 3.8) is 0 Å². The van der Waals surface area contributed by atoms with E-state index in [1.807, 2.05) is 31.2 Å². The number of halogens is 4. The van der Waals surface area contributed by atoms with E-state index in [1.165, 1.54) is 27.8 Å². The van der Waals surface area contributed by atoms with Gasteiger partial charge in [-0.3, -0.25) is 17.7 Å². The Labute approximate surface area is 229 Å².